The van der Waals surface area contributed by atoms with Crippen LogP contribution < -0.4 is 4.74 Å². The number of carbonyl (C=O) groups is 1. The van der Waals surface area contributed by atoms with Gasteiger partial charge in [0.15, 0.2) is 5.70 Å². The molecule has 3 aromatic carbocycles. The Hall–Kier alpha value is -1.98. The maximum Gasteiger partial charge on any atom is 0.363 e. The van der Waals surface area contributed by atoms with E-state index in [0.29, 0.717) is 11.6 Å². The van der Waals surface area contributed by atoms with Crippen LogP contribution in [0.1, 0.15) is 16.7 Å². The van der Waals surface area contributed by atoms with E-state index in [4.69, 9.17) is 21.1 Å². The second-order valence-corrected chi connectivity index (χ2v) is 9.31. The van der Waals surface area contributed by atoms with E-state index in [0.717, 1.165) is 24.0 Å². The van der Waals surface area contributed by atoms with Crippen molar-refractivity contribution in [3.8, 4) is 5.75 Å². The third-order valence-corrected chi connectivity index (χ3v) is 6.20. The minimum Gasteiger partial charge on any atom is -0.487 e. The summed E-state index contributed by atoms with van der Waals surface area (Å²) in [6, 6.07) is 17.3. The smallest absolute Gasteiger partial charge is 0.363 e. The summed E-state index contributed by atoms with van der Waals surface area (Å²) in [6.07, 6.45) is 1.61. The normalized spacial score (nSPS) is 14.5. The molecule has 0 saturated heterocycles. The summed E-state index contributed by atoms with van der Waals surface area (Å²) >= 11 is 10.3. The molecule has 0 aliphatic carbocycles. The van der Waals surface area contributed by atoms with E-state index in [1.807, 2.05) is 36.4 Å². The van der Waals surface area contributed by atoms with Crippen LogP contribution in [0.4, 0.5) is 4.39 Å². The van der Waals surface area contributed by atoms with Crippen LogP contribution in [0.15, 0.2) is 71.4 Å². The highest BCUT2D eigenvalue weighted by Gasteiger charge is 2.26. The number of ether oxygens (including phenoxy) is 2. The highest BCUT2D eigenvalue weighted by molar-refractivity contribution is 14.1. The predicted octanol–water partition coefficient (Wildman–Crippen LogP) is 6.61. The molecule has 0 saturated carbocycles. The van der Waals surface area contributed by atoms with Crippen molar-refractivity contribution in [1.29, 1.82) is 0 Å². The van der Waals surface area contributed by atoms with Crippen LogP contribution in [-0.4, -0.2) is 11.9 Å². The lowest BCUT2D eigenvalue weighted by atomic mass is 10.2. The highest BCUT2D eigenvalue weighted by Crippen LogP contribution is 2.31. The lowest BCUT2D eigenvalue weighted by Gasteiger charge is -2.11. The summed E-state index contributed by atoms with van der Waals surface area (Å²) in [4.78, 5) is 16.4. The van der Waals surface area contributed by atoms with Gasteiger partial charge in [-0.25, -0.2) is 14.2 Å². The Morgan fingerprint density at radius 3 is 2.42 bits per heavy atom. The van der Waals surface area contributed by atoms with Gasteiger partial charge in [0.1, 0.15) is 18.2 Å². The number of hydrogen-bond donors (Lipinski definition) is 0. The zero-order valence-electron chi connectivity index (χ0n) is 15.7. The van der Waals surface area contributed by atoms with Gasteiger partial charge in [-0.15, -0.1) is 0 Å². The minimum absolute atomic E-state index is 0.0401. The third-order valence-electron chi connectivity index (χ3n) is 4.35. The lowest BCUT2D eigenvalue weighted by Crippen LogP contribution is -2.07. The fourth-order valence-corrected chi connectivity index (χ4v) is 5.11. The first-order valence-corrected chi connectivity index (χ1v) is 11.6. The SMILES string of the molecule is O=C1OC(c2ccccc2F)=N/C1=C\c1cc(I)c(OCc2ccc(Cl)cc2)c(I)c1. The summed E-state index contributed by atoms with van der Waals surface area (Å²) in [6.45, 7) is 0.409. The molecule has 0 amide bonds. The number of rotatable bonds is 5. The highest BCUT2D eigenvalue weighted by atomic mass is 127. The van der Waals surface area contributed by atoms with E-state index < -0.39 is 11.8 Å². The first-order valence-electron chi connectivity index (χ1n) is 9.04. The zero-order valence-corrected chi connectivity index (χ0v) is 20.8. The standard InChI is InChI=1S/C23H13ClFI2NO3/c24-15-7-5-13(6-8-15)12-30-21-18(26)9-14(10-19(21)27)11-20-23(29)31-22(28-20)16-3-1-2-4-17(16)25/h1-11H,12H2/b20-11-. The largest absolute Gasteiger partial charge is 0.487 e. The number of carbonyl (C=O) groups excluding carboxylic acids is 1. The molecule has 0 radical (unpaired) electrons. The summed E-state index contributed by atoms with van der Waals surface area (Å²) in [7, 11) is 0. The van der Waals surface area contributed by atoms with Crippen molar-refractivity contribution < 1.29 is 18.7 Å². The van der Waals surface area contributed by atoms with Gasteiger partial charge in [0, 0.05) is 5.02 Å². The van der Waals surface area contributed by atoms with Crippen molar-refractivity contribution >= 4 is 74.7 Å². The number of esters is 1. The van der Waals surface area contributed by atoms with Crippen molar-refractivity contribution in [2.75, 3.05) is 0 Å². The average Bonchev–Trinajstić information content (AvgIpc) is 3.09. The van der Waals surface area contributed by atoms with Gasteiger partial charge in [-0.3, -0.25) is 0 Å². The van der Waals surface area contributed by atoms with Gasteiger partial charge in [0.05, 0.1) is 12.7 Å². The fraction of sp³-hybridized carbons (Fsp3) is 0.0435. The molecule has 0 bridgehead atoms. The molecule has 3 aromatic rings. The summed E-state index contributed by atoms with van der Waals surface area (Å²) in [5, 5.41) is 0.677. The molecule has 0 spiro atoms. The molecule has 4 rings (SSSR count). The quantitative estimate of drug-likeness (QED) is 0.176. The van der Waals surface area contributed by atoms with Crippen molar-refractivity contribution in [3.05, 3.63) is 101 Å². The van der Waals surface area contributed by atoms with E-state index >= 15 is 0 Å². The number of nitrogens with zero attached hydrogens (tertiary/aromatic N) is 1. The molecule has 8 heteroatoms. The van der Waals surface area contributed by atoms with Crippen molar-refractivity contribution in [2.24, 2.45) is 4.99 Å². The summed E-state index contributed by atoms with van der Waals surface area (Å²) in [5.74, 6) is -0.405. The summed E-state index contributed by atoms with van der Waals surface area (Å²) in [5.41, 5.74) is 2.03. The van der Waals surface area contributed by atoms with Gasteiger partial charge in [-0.1, -0.05) is 35.9 Å². The number of halogens is 4. The Labute approximate surface area is 210 Å². The third kappa shape index (κ3) is 5.27. The molecule has 156 valence electrons. The molecule has 0 aromatic heterocycles. The van der Waals surface area contributed by atoms with Gasteiger partial charge in [-0.05, 0) is 98.8 Å². The van der Waals surface area contributed by atoms with Crippen LogP contribution in [0.25, 0.3) is 6.08 Å². The molecule has 1 heterocycles. The Morgan fingerprint density at radius 2 is 1.74 bits per heavy atom. The molecule has 0 N–H and O–H groups in total. The topological polar surface area (TPSA) is 47.9 Å². The van der Waals surface area contributed by atoms with Crippen LogP contribution in [0.5, 0.6) is 5.75 Å². The second kappa shape index (κ2) is 9.66. The maximum atomic E-state index is 14.0. The second-order valence-electron chi connectivity index (χ2n) is 6.54. The molecular weight excluding hydrogens is 647 g/mol. The molecule has 0 atom stereocenters. The molecule has 4 nitrogen and oxygen atoms in total. The van der Waals surface area contributed by atoms with Crippen LogP contribution in [0, 0.1) is 13.0 Å². The predicted molar refractivity (Wildman–Crippen MR) is 135 cm³/mol. The number of benzene rings is 3. The fourth-order valence-electron chi connectivity index (χ4n) is 2.85. The first-order chi connectivity index (χ1) is 14.9. The number of hydrogen-bond acceptors (Lipinski definition) is 4. The molecular formula is C23H13ClFI2NO3. The van der Waals surface area contributed by atoms with E-state index in [1.54, 1.807) is 18.2 Å². The number of cyclic esters (lactones) is 1. The van der Waals surface area contributed by atoms with Crippen LogP contribution in [0.2, 0.25) is 5.02 Å². The summed E-state index contributed by atoms with van der Waals surface area (Å²) < 4.78 is 26.9. The molecule has 31 heavy (non-hydrogen) atoms. The Morgan fingerprint density at radius 1 is 1.06 bits per heavy atom. The van der Waals surface area contributed by atoms with Crippen molar-refractivity contribution in [3.63, 3.8) is 0 Å². The van der Waals surface area contributed by atoms with Gasteiger partial charge >= 0.3 is 5.97 Å². The Balaban J connectivity index is 1.56. The van der Waals surface area contributed by atoms with Crippen LogP contribution in [-0.2, 0) is 16.1 Å². The van der Waals surface area contributed by atoms with E-state index in [2.05, 4.69) is 50.2 Å². The average molecular weight is 660 g/mol. The van der Waals surface area contributed by atoms with Gasteiger partial charge in [0.25, 0.3) is 0 Å². The van der Waals surface area contributed by atoms with Crippen molar-refractivity contribution in [1.82, 2.24) is 0 Å². The zero-order chi connectivity index (χ0) is 22.0. The molecule has 0 fully saturated rings. The number of aliphatic imine (C=N–C) groups is 1. The first kappa shape index (κ1) is 22.2. The Kier molecular flexibility index (Phi) is 6.92. The molecule has 0 unspecified atom stereocenters. The van der Waals surface area contributed by atoms with Crippen LogP contribution >= 0.6 is 56.8 Å². The lowest BCUT2D eigenvalue weighted by molar-refractivity contribution is -0.129. The van der Waals surface area contributed by atoms with Gasteiger partial charge in [0.2, 0.25) is 5.90 Å². The van der Waals surface area contributed by atoms with Crippen molar-refractivity contribution in [2.45, 2.75) is 6.61 Å². The maximum absolute atomic E-state index is 14.0. The van der Waals surface area contributed by atoms with E-state index in [-0.39, 0.29) is 17.2 Å². The molecule has 1 aliphatic rings. The van der Waals surface area contributed by atoms with Crippen LogP contribution in [0.3, 0.4) is 0 Å². The van der Waals surface area contributed by atoms with E-state index in [9.17, 15) is 9.18 Å². The Bertz CT molecular complexity index is 1200. The van der Waals surface area contributed by atoms with Gasteiger partial charge in [-0.2, -0.15) is 0 Å². The van der Waals surface area contributed by atoms with E-state index in [1.165, 1.54) is 12.1 Å². The minimum atomic E-state index is -0.619. The van der Waals surface area contributed by atoms with Gasteiger partial charge < -0.3 is 9.47 Å². The monoisotopic (exact) mass is 659 g/mol. The molecule has 1 aliphatic heterocycles.